The number of halogens is 1. The summed E-state index contributed by atoms with van der Waals surface area (Å²) in [7, 11) is 0. The van der Waals surface area contributed by atoms with Crippen molar-refractivity contribution in [2.75, 3.05) is 13.1 Å². The molecule has 0 saturated carbocycles. The molecule has 76 valence electrons. The summed E-state index contributed by atoms with van der Waals surface area (Å²) in [5, 5.41) is 0. The number of likely N-dealkylation sites (tertiary alicyclic amines) is 1. The monoisotopic (exact) mass is 195 g/mol. The van der Waals surface area contributed by atoms with Crippen molar-refractivity contribution in [1.29, 1.82) is 0 Å². The molecule has 1 unspecified atom stereocenters. The second kappa shape index (κ2) is 4.42. The van der Waals surface area contributed by atoms with Gasteiger partial charge in [-0.25, -0.2) is 4.90 Å². The highest BCUT2D eigenvalue weighted by atomic mass is 19.1. The predicted octanol–water partition coefficient (Wildman–Crippen LogP) is 2.41. The molecule has 1 aliphatic rings. The van der Waals surface area contributed by atoms with Crippen LogP contribution in [0.2, 0.25) is 0 Å². The molecule has 1 atom stereocenters. The molecular formula is C11H14FNO. The van der Waals surface area contributed by atoms with E-state index in [0.717, 1.165) is 25.9 Å². The number of hydrogen-bond donors (Lipinski definition) is 0. The molecule has 2 nitrogen and oxygen atoms in total. The van der Waals surface area contributed by atoms with E-state index in [0.29, 0.717) is 5.75 Å². The van der Waals surface area contributed by atoms with E-state index >= 15 is 0 Å². The number of nitrogens with zero attached hydrogens (tertiary/aromatic N) is 1. The average molecular weight is 195 g/mol. The standard InChI is InChI=1S/C11H14FNO/c12-11(13-8-4-5-9-13)14-10-6-2-1-3-7-10/h1-3,6-7,11H,4-5,8-9H2. The molecule has 2 rings (SSSR count). The van der Waals surface area contributed by atoms with Gasteiger partial charge in [0.25, 0.3) is 6.48 Å². The van der Waals surface area contributed by atoms with Crippen LogP contribution in [0.4, 0.5) is 4.39 Å². The fraction of sp³-hybridized carbons (Fsp3) is 0.455. The molecule has 0 aromatic heterocycles. The lowest BCUT2D eigenvalue weighted by Crippen LogP contribution is -2.33. The van der Waals surface area contributed by atoms with Crippen molar-refractivity contribution >= 4 is 0 Å². The number of benzene rings is 1. The molecular weight excluding hydrogens is 181 g/mol. The largest absolute Gasteiger partial charge is 0.447 e. The van der Waals surface area contributed by atoms with Gasteiger partial charge < -0.3 is 4.74 Å². The van der Waals surface area contributed by atoms with Crippen molar-refractivity contribution in [3.05, 3.63) is 30.3 Å². The van der Waals surface area contributed by atoms with Crippen LogP contribution in [0.15, 0.2) is 30.3 Å². The predicted molar refractivity (Wildman–Crippen MR) is 52.8 cm³/mol. The smallest absolute Gasteiger partial charge is 0.299 e. The molecule has 1 heterocycles. The maximum Gasteiger partial charge on any atom is 0.299 e. The third-order valence-electron chi connectivity index (χ3n) is 2.40. The Labute approximate surface area is 83.3 Å². The zero-order valence-corrected chi connectivity index (χ0v) is 8.03. The molecule has 3 heteroatoms. The van der Waals surface area contributed by atoms with Crippen molar-refractivity contribution in [3.8, 4) is 5.75 Å². The second-order valence-electron chi connectivity index (χ2n) is 3.47. The van der Waals surface area contributed by atoms with Crippen LogP contribution < -0.4 is 4.74 Å². The normalized spacial score (nSPS) is 19.5. The molecule has 1 aliphatic heterocycles. The highest BCUT2D eigenvalue weighted by molar-refractivity contribution is 5.20. The molecule has 1 aromatic rings. The van der Waals surface area contributed by atoms with Gasteiger partial charge >= 0.3 is 0 Å². The van der Waals surface area contributed by atoms with Gasteiger partial charge in [-0.2, -0.15) is 4.39 Å². The summed E-state index contributed by atoms with van der Waals surface area (Å²) in [6.07, 6.45) is 2.14. The first-order valence-corrected chi connectivity index (χ1v) is 4.96. The van der Waals surface area contributed by atoms with Crippen LogP contribution in [0.5, 0.6) is 5.75 Å². The van der Waals surface area contributed by atoms with Gasteiger partial charge in [-0.1, -0.05) is 18.2 Å². The van der Waals surface area contributed by atoms with Crippen molar-refractivity contribution in [2.24, 2.45) is 0 Å². The lowest BCUT2D eigenvalue weighted by molar-refractivity contribution is -0.0620. The van der Waals surface area contributed by atoms with E-state index in [2.05, 4.69) is 0 Å². The van der Waals surface area contributed by atoms with Gasteiger partial charge in [-0.15, -0.1) is 0 Å². The number of rotatable bonds is 3. The Hall–Kier alpha value is -1.09. The zero-order valence-electron chi connectivity index (χ0n) is 8.03. The summed E-state index contributed by atoms with van der Waals surface area (Å²) in [4.78, 5) is 1.72. The summed E-state index contributed by atoms with van der Waals surface area (Å²) in [6, 6.07) is 9.10. The molecule has 0 N–H and O–H groups in total. The highest BCUT2D eigenvalue weighted by Gasteiger charge is 2.22. The minimum Gasteiger partial charge on any atom is -0.447 e. The van der Waals surface area contributed by atoms with E-state index in [1.54, 1.807) is 17.0 Å². The van der Waals surface area contributed by atoms with Crippen molar-refractivity contribution in [3.63, 3.8) is 0 Å². The molecule has 0 amide bonds. The minimum absolute atomic E-state index is 0.590. The molecule has 1 saturated heterocycles. The zero-order chi connectivity index (χ0) is 9.80. The molecule has 0 spiro atoms. The van der Waals surface area contributed by atoms with Crippen LogP contribution in [0, 0.1) is 0 Å². The summed E-state index contributed by atoms with van der Waals surface area (Å²) in [5.41, 5.74) is 0. The van der Waals surface area contributed by atoms with E-state index in [4.69, 9.17) is 4.74 Å². The summed E-state index contributed by atoms with van der Waals surface area (Å²) < 4.78 is 18.7. The Kier molecular flexibility index (Phi) is 2.99. The van der Waals surface area contributed by atoms with E-state index in [1.807, 2.05) is 18.2 Å². The van der Waals surface area contributed by atoms with Gasteiger partial charge in [0.1, 0.15) is 5.75 Å². The second-order valence-corrected chi connectivity index (χ2v) is 3.47. The molecule has 0 radical (unpaired) electrons. The molecule has 0 aliphatic carbocycles. The SMILES string of the molecule is FC(Oc1ccccc1)N1CCCC1. The van der Waals surface area contributed by atoms with Crippen molar-refractivity contribution < 1.29 is 9.13 Å². The van der Waals surface area contributed by atoms with Crippen LogP contribution in [-0.4, -0.2) is 24.5 Å². The fourth-order valence-electron chi connectivity index (χ4n) is 1.63. The van der Waals surface area contributed by atoms with Gasteiger partial charge in [0.05, 0.1) is 0 Å². The summed E-state index contributed by atoms with van der Waals surface area (Å²) >= 11 is 0. The van der Waals surface area contributed by atoms with E-state index in [1.165, 1.54) is 0 Å². The van der Waals surface area contributed by atoms with Crippen LogP contribution in [0.3, 0.4) is 0 Å². The first-order valence-electron chi connectivity index (χ1n) is 4.96. The first-order chi connectivity index (χ1) is 6.86. The third kappa shape index (κ3) is 2.23. The van der Waals surface area contributed by atoms with Crippen LogP contribution in [0.1, 0.15) is 12.8 Å². The molecule has 1 aromatic carbocycles. The maximum absolute atomic E-state index is 13.5. The molecule has 0 bridgehead atoms. The number of alkyl halides is 1. The van der Waals surface area contributed by atoms with E-state index in [-0.39, 0.29) is 0 Å². The molecule has 1 fully saturated rings. The Morgan fingerprint density at radius 2 is 1.79 bits per heavy atom. The topological polar surface area (TPSA) is 12.5 Å². The maximum atomic E-state index is 13.5. The number of ether oxygens (including phenoxy) is 1. The van der Waals surface area contributed by atoms with E-state index in [9.17, 15) is 4.39 Å². The lowest BCUT2D eigenvalue weighted by atomic mass is 10.3. The van der Waals surface area contributed by atoms with Gasteiger partial charge in [0.2, 0.25) is 0 Å². The Bertz CT molecular complexity index is 272. The van der Waals surface area contributed by atoms with Crippen LogP contribution >= 0.6 is 0 Å². The fourth-order valence-corrected chi connectivity index (χ4v) is 1.63. The Balaban J connectivity index is 1.90. The van der Waals surface area contributed by atoms with Crippen molar-refractivity contribution in [2.45, 2.75) is 19.3 Å². The highest BCUT2D eigenvalue weighted by Crippen LogP contribution is 2.17. The Morgan fingerprint density at radius 3 is 2.43 bits per heavy atom. The summed E-state index contributed by atoms with van der Waals surface area (Å²) in [6.45, 7) is 0.307. The molecule has 14 heavy (non-hydrogen) atoms. The van der Waals surface area contributed by atoms with Gasteiger partial charge in [-0.3, -0.25) is 0 Å². The first kappa shape index (κ1) is 9.46. The van der Waals surface area contributed by atoms with E-state index < -0.39 is 6.48 Å². The summed E-state index contributed by atoms with van der Waals surface area (Å²) in [5.74, 6) is 0.590. The number of para-hydroxylation sites is 1. The van der Waals surface area contributed by atoms with Gasteiger partial charge in [0.15, 0.2) is 0 Å². The Morgan fingerprint density at radius 1 is 1.14 bits per heavy atom. The third-order valence-corrected chi connectivity index (χ3v) is 2.40. The quantitative estimate of drug-likeness (QED) is 0.687. The van der Waals surface area contributed by atoms with Crippen LogP contribution in [0.25, 0.3) is 0 Å². The van der Waals surface area contributed by atoms with Crippen LogP contribution in [-0.2, 0) is 0 Å². The lowest BCUT2D eigenvalue weighted by Gasteiger charge is -2.20. The number of hydrogen-bond acceptors (Lipinski definition) is 2. The minimum atomic E-state index is -1.29. The van der Waals surface area contributed by atoms with Crippen molar-refractivity contribution in [1.82, 2.24) is 4.90 Å². The average Bonchev–Trinajstić information content (AvgIpc) is 2.72. The van der Waals surface area contributed by atoms with Gasteiger partial charge in [-0.05, 0) is 25.0 Å². The van der Waals surface area contributed by atoms with Gasteiger partial charge in [0, 0.05) is 13.1 Å².